The molecule has 2 aromatic carbocycles. The van der Waals surface area contributed by atoms with Crippen LogP contribution >= 0.6 is 0 Å². The van der Waals surface area contributed by atoms with Gasteiger partial charge in [0.1, 0.15) is 0 Å². The number of hydrogen-bond acceptors (Lipinski definition) is 2. The van der Waals surface area contributed by atoms with Crippen LogP contribution in [0.4, 0.5) is 0 Å². The highest BCUT2D eigenvalue weighted by Gasteiger charge is 2.40. The zero-order valence-corrected chi connectivity index (χ0v) is 13.8. The first kappa shape index (κ1) is 14.5. The van der Waals surface area contributed by atoms with Gasteiger partial charge in [0.25, 0.3) is 0 Å². The van der Waals surface area contributed by atoms with E-state index in [2.05, 4.69) is 56.3 Å². The topological polar surface area (TPSA) is 35.2 Å². The molecule has 0 spiro atoms. The van der Waals surface area contributed by atoms with Crippen LogP contribution in [-0.4, -0.2) is 0 Å². The van der Waals surface area contributed by atoms with Crippen LogP contribution in [0.2, 0.25) is 0 Å². The zero-order valence-electron chi connectivity index (χ0n) is 13.8. The molecule has 0 saturated heterocycles. The molecule has 0 bridgehead atoms. The van der Waals surface area contributed by atoms with Gasteiger partial charge in [-0.15, -0.1) is 0 Å². The zero-order chi connectivity index (χ0) is 16.0. The van der Waals surface area contributed by atoms with Gasteiger partial charge in [0.15, 0.2) is 5.75 Å². The van der Waals surface area contributed by atoms with Gasteiger partial charge in [-0.1, -0.05) is 47.5 Å². The van der Waals surface area contributed by atoms with Gasteiger partial charge in [-0.05, 0) is 67.7 Å². The quantitative estimate of drug-likeness (QED) is 0.828. The highest BCUT2D eigenvalue weighted by atomic mass is 16.6. The van der Waals surface area contributed by atoms with Crippen molar-refractivity contribution in [2.75, 3.05) is 0 Å². The number of fused-ring (bicyclic) bond motifs is 1. The molecule has 2 aliphatic rings. The molecular weight excluding hydrogens is 282 g/mol. The first-order valence-electron chi connectivity index (χ1n) is 8.44. The minimum atomic E-state index is 0.598. The number of allylic oxidation sites excluding steroid dienone is 1. The Morgan fingerprint density at radius 2 is 1.65 bits per heavy atom. The molecule has 2 heteroatoms. The molecular formula is C21H23NO. The van der Waals surface area contributed by atoms with Crippen molar-refractivity contribution in [3.63, 3.8) is 0 Å². The summed E-state index contributed by atoms with van der Waals surface area (Å²) in [4.78, 5) is 5.16. The molecule has 2 aliphatic carbocycles. The third-order valence-electron chi connectivity index (χ3n) is 5.13. The van der Waals surface area contributed by atoms with Crippen LogP contribution in [0.5, 0.6) is 5.75 Å². The Morgan fingerprint density at radius 3 is 2.35 bits per heavy atom. The summed E-state index contributed by atoms with van der Waals surface area (Å²) >= 11 is 0. The number of aryl methyl sites for hydroxylation is 3. The van der Waals surface area contributed by atoms with E-state index in [9.17, 15) is 0 Å². The Hall–Kier alpha value is -2.06. The molecule has 1 saturated carbocycles. The van der Waals surface area contributed by atoms with Gasteiger partial charge in [0.05, 0.1) is 0 Å². The predicted molar refractivity (Wildman–Crippen MR) is 94.6 cm³/mol. The predicted octanol–water partition coefficient (Wildman–Crippen LogP) is 4.79. The molecule has 2 aromatic rings. The first-order chi connectivity index (χ1) is 11.2. The smallest absolute Gasteiger partial charge is 0.154 e. The Balaban J connectivity index is 1.66. The third-order valence-corrected chi connectivity index (χ3v) is 5.13. The average Bonchev–Trinajstić information content (AvgIpc) is 3.33. The molecule has 2 atom stereocenters. The molecule has 2 N–H and O–H groups in total. The van der Waals surface area contributed by atoms with Crippen molar-refractivity contribution >= 4 is 6.08 Å². The minimum absolute atomic E-state index is 0.598. The van der Waals surface area contributed by atoms with Crippen LogP contribution in [0.1, 0.15) is 58.1 Å². The summed E-state index contributed by atoms with van der Waals surface area (Å²) in [7, 11) is 0. The largest absolute Gasteiger partial charge is 0.411 e. The lowest BCUT2D eigenvalue weighted by Crippen LogP contribution is -2.07. The van der Waals surface area contributed by atoms with E-state index >= 15 is 0 Å². The molecule has 0 amide bonds. The summed E-state index contributed by atoms with van der Waals surface area (Å²) in [6.07, 6.45) is 7.74. The van der Waals surface area contributed by atoms with Gasteiger partial charge in [-0.25, -0.2) is 0 Å². The van der Waals surface area contributed by atoms with E-state index in [1.807, 2.05) is 0 Å². The summed E-state index contributed by atoms with van der Waals surface area (Å²) in [5.74, 6) is 7.57. The van der Waals surface area contributed by atoms with Gasteiger partial charge >= 0.3 is 0 Å². The van der Waals surface area contributed by atoms with Crippen LogP contribution in [0, 0.1) is 13.8 Å². The van der Waals surface area contributed by atoms with Gasteiger partial charge in [-0.2, -0.15) is 5.90 Å². The van der Waals surface area contributed by atoms with Crippen LogP contribution in [0.3, 0.4) is 0 Å². The summed E-state index contributed by atoms with van der Waals surface area (Å²) in [6, 6.07) is 11.4. The highest BCUT2D eigenvalue weighted by molar-refractivity contribution is 5.65. The van der Waals surface area contributed by atoms with Crippen molar-refractivity contribution < 1.29 is 4.84 Å². The SMILES string of the molecule is Cc1cc(C)cc(C2CC2c2cc3c(c(ON)c2)C=CCC3)c1. The number of nitrogens with two attached hydrogens (primary N) is 1. The minimum Gasteiger partial charge on any atom is -0.411 e. The lowest BCUT2D eigenvalue weighted by Gasteiger charge is -2.16. The third kappa shape index (κ3) is 2.68. The maximum absolute atomic E-state index is 5.51. The summed E-state index contributed by atoms with van der Waals surface area (Å²) in [5.41, 5.74) is 8.09. The Labute approximate surface area is 137 Å². The van der Waals surface area contributed by atoms with Crippen molar-refractivity contribution in [3.05, 3.63) is 69.8 Å². The Bertz CT molecular complexity index is 770. The van der Waals surface area contributed by atoms with E-state index in [4.69, 9.17) is 10.7 Å². The standard InChI is InChI=1S/C21H23NO/c1-13-7-14(2)9-16(8-13)19-12-20(19)17-10-15-5-3-4-6-18(15)21(11-17)23-22/h4,6-11,19-20H,3,5,12,22H2,1-2H3. The van der Waals surface area contributed by atoms with E-state index in [1.54, 1.807) is 0 Å². The molecule has 2 nitrogen and oxygen atoms in total. The van der Waals surface area contributed by atoms with Gasteiger partial charge in [-0.3, -0.25) is 0 Å². The normalized spacial score (nSPS) is 21.9. The number of benzene rings is 2. The molecule has 23 heavy (non-hydrogen) atoms. The molecule has 0 aromatic heterocycles. The van der Waals surface area contributed by atoms with Crippen LogP contribution in [0.15, 0.2) is 36.4 Å². The van der Waals surface area contributed by atoms with E-state index in [-0.39, 0.29) is 0 Å². The summed E-state index contributed by atoms with van der Waals surface area (Å²) in [5, 5.41) is 0. The molecule has 4 rings (SSSR count). The van der Waals surface area contributed by atoms with E-state index in [0.29, 0.717) is 11.8 Å². The lowest BCUT2D eigenvalue weighted by atomic mass is 9.92. The molecule has 1 fully saturated rings. The molecule has 2 unspecified atom stereocenters. The van der Waals surface area contributed by atoms with Crippen LogP contribution < -0.4 is 10.7 Å². The number of hydrogen-bond donors (Lipinski definition) is 1. The summed E-state index contributed by atoms with van der Waals surface area (Å²) in [6.45, 7) is 4.36. The lowest BCUT2D eigenvalue weighted by molar-refractivity contribution is 0.333. The monoisotopic (exact) mass is 305 g/mol. The second-order valence-corrected chi connectivity index (χ2v) is 7.02. The second-order valence-electron chi connectivity index (χ2n) is 7.02. The van der Waals surface area contributed by atoms with Crippen molar-refractivity contribution in [2.45, 2.75) is 44.9 Å². The first-order valence-corrected chi connectivity index (χ1v) is 8.44. The maximum atomic E-state index is 5.51. The highest BCUT2D eigenvalue weighted by Crippen LogP contribution is 2.55. The second kappa shape index (κ2) is 5.54. The van der Waals surface area contributed by atoms with Crippen molar-refractivity contribution in [1.29, 1.82) is 0 Å². The molecule has 118 valence electrons. The van der Waals surface area contributed by atoms with Gasteiger partial charge in [0, 0.05) is 5.56 Å². The van der Waals surface area contributed by atoms with Gasteiger partial charge in [0.2, 0.25) is 0 Å². The Morgan fingerprint density at radius 1 is 0.957 bits per heavy atom. The number of rotatable bonds is 3. The van der Waals surface area contributed by atoms with Gasteiger partial charge < -0.3 is 4.84 Å². The van der Waals surface area contributed by atoms with Crippen molar-refractivity contribution in [2.24, 2.45) is 5.90 Å². The molecule has 0 radical (unpaired) electrons. The fourth-order valence-electron chi connectivity index (χ4n) is 4.01. The molecule has 0 heterocycles. The van der Waals surface area contributed by atoms with Crippen molar-refractivity contribution in [1.82, 2.24) is 0 Å². The maximum Gasteiger partial charge on any atom is 0.154 e. The summed E-state index contributed by atoms with van der Waals surface area (Å²) < 4.78 is 0. The van der Waals surface area contributed by atoms with E-state index in [1.165, 1.54) is 34.2 Å². The average molecular weight is 305 g/mol. The van der Waals surface area contributed by atoms with E-state index < -0.39 is 0 Å². The fourth-order valence-corrected chi connectivity index (χ4v) is 4.01. The Kier molecular flexibility index (Phi) is 3.50. The van der Waals surface area contributed by atoms with Crippen LogP contribution in [0.25, 0.3) is 6.08 Å². The van der Waals surface area contributed by atoms with Crippen molar-refractivity contribution in [3.8, 4) is 5.75 Å². The fraction of sp³-hybridized carbons (Fsp3) is 0.333. The molecule has 0 aliphatic heterocycles. The van der Waals surface area contributed by atoms with Crippen LogP contribution in [-0.2, 0) is 6.42 Å². The van der Waals surface area contributed by atoms with E-state index in [0.717, 1.165) is 24.2 Å².